The lowest BCUT2D eigenvalue weighted by atomic mass is 9.84. The van der Waals surface area contributed by atoms with Gasteiger partial charge in [0.05, 0.1) is 16.7 Å². The molecule has 6 aromatic carbocycles. The van der Waals surface area contributed by atoms with Crippen molar-refractivity contribution in [3.8, 4) is 16.8 Å². The molecule has 0 spiro atoms. The van der Waals surface area contributed by atoms with Crippen molar-refractivity contribution in [2.45, 2.75) is 26.7 Å². The summed E-state index contributed by atoms with van der Waals surface area (Å²) >= 11 is 0. The van der Waals surface area contributed by atoms with Gasteiger partial charge >= 0.3 is 0 Å². The van der Waals surface area contributed by atoms with Crippen LogP contribution < -0.4 is 5.22 Å². The van der Waals surface area contributed by atoms with Crippen LogP contribution in [0.1, 0.15) is 48.1 Å². The molecule has 0 amide bonds. The Morgan fingerprint density at radius 3 is 2.31 bits per heavy atom. The Morgan fingerprint density at radius 1 is 0.711 bits per heavy atom. The summed E-state index contributed by atoms with van der Waals surface area (Å²) in [6, 6.07) is 31.4. The van der Waals surface area contributed by atoms with Crippen LogP contribution in [-0.4, -0.2) is 4.57 Å². The Balaban J connectivity index is 1.64. The summed E-state index contributed by atoms with van der Waals surface area (Å²) in [7, 11) is 0. The molecule has 0 radical (unpaired) electrons. The van der Waals surface area contributed by atoms with Crippen molar-refractivity contribution in [1.82, 2.24) is 4.57 Å². The highest BCUT2D eigenvalue weighted by molar-refractivity contribution is 6.29. The monoisotopic (exact) mass is 577 g/mol. The first-order valence-electron chi connectivity index (χ1n) is 15.9. The van der Waals surface area contributed by atoms with Crippen molar-refractivity contribution < 1.29 is 0 Å². The first-order valence-corrected chi connectivity index (χ1v) is 15.9. The van der Waals surface area contributed by atoms with E-state index in [2.05, 4.69) is 147 Å². The van der Waals surface area contributed by atoms with Gasteiger partial charge in [-0.3, -0.25) is 0 Å². The van der Waals surface area contributed by atoms with Crippen LogP contribution >= 0.6 is 0 Å². The molecule has 45 heavy (non-hydrogen) atoms. The van der Waals surface area contributed by atoms with E-state index in [0.29, 0.717) is 0 Å². The normalized spacial score (nSPS) is 13.5. The van der Waals surface area contributed by atoms with E-state index in [1.807, 2.05) is 12.2 Å². The highest BCUT2D eigenvalue weighted by atomic mass is 15.0. The SMILES string of the molecule is C=Cc1cccc(-n2c3ccccc3c3/c(=C/C)c4c(C=C)cc(-c5cccc6c5C=CCC6)c5cccc(c54)c32)c1/C=C\C. The fourth-order valence-electron chi connectivity index (χ4n) is 7.79. The second-order valence-corrected chi connectivity index (χ2v) is 11.9. The van der Waals surface area contributed by atoms with E-state index < -0.39 is 0 Å². The molecule has 0 saturated carbocycles. The van der Waals surface area contributed by atoms with E-state index in [9.17, 15) is 0 Å². The highest BCUT2D eigenvalue weighted by Crippen LogP contribution is 2.44. The van der Waals surface area contributed by atoms with E-state index in [0.717, 1.165) is 24.1 Å². The van der Waals surface area contributed by atoms with Gasteiger partial charge < -0.3 is 4.57 Å². The molecule has 1 aromatic heterocycles. The molecule has 0 saturated heterocycles. The zero-order valence-corrected chi connectivity index (χ0v) is 25.9. The van der Waals surface area contributed by atoms with Gasteiger partial charge in [0, 0.05) is 27.1 Å². The number of rotatable bonds is 5. The molecule has 1 aliphatic rings. The zero-order chi connectivity index (χ0) is 30.7. The van der Waals surface area contributed by atoms with Gasteiger partial charge in [0.2, 0.25) is 0 Å². The third kappa shape index (κ3) is 3.87. The predicted molar refractivity (Wildman–Crippen MR) is 199 cm³/mol. The number of aromatic nitrogens is 1. The lowest BCUT2D eigenvalue weighted by molar-refractivity contribution is 0.986. The van der Waals surface area contributed by atoms with Crippen LogP contribution in [0, 0.1) is 0 Å². The summed E-state index contributed by atoms with van der Waals surface area (Å²) in [6.07, 6.45) is 17.4. The van der Waals surface area contributed by atoms with Crippen LogP contribution in [-0.2, 0) is 6.42 Å². The number of aryl methyl sites for hydroxylation is 1. The van der Waals surface area contributed by atoms with Crippen LogP contribution in [0.4, 0.5) is 0 Å². The standard InChI is InChI=1S/C44H35N/c1-5-16-33-28(6-2)18-14-26-39(33)45-40-25-12-11-21-36(40)43-31(8-4)41-29(7-3)27-38(35-23-15-24-37(42(35)41)44(43)45)34-22-13-19-30-17-9-10-20-32(30)34/h5-8,10-16,18-27H,2-3,9,17H2,1,4H3/b16-5-,31-8+. The summed E-state index contributed by atoms with van der Waals surface area (Å²) in [6.45, 7) is 12.8. The minimum Gasteiger partial charge on any atom is -0.308 e. The van der Waals surface area contributed by atoms with Crippen molar-refractivity contribution in [3.63, 3.8) is 0 Å². The molecular formula is C44H35N. The van der Waals surface area contributed by atoms with Gasteiger partial charge in [-0.2, -0.15) is 0 Å². The topological polar surface area (TPSA) is 4.93 Å². The summed E-state index contributed by atoms with van der Waals surface area (Å²) in [4.78, 5) is 0. The van der Waals surface area contributed by atoms with Crippen molar-refractivity contribution >= 4 is 73.7 Å². The largest absolute Gasteiger partial charge is 0.308 e. The molecule has 0 bridgehead atoms. The van der Waals surface area contributed by atoms with E-state index in [1.54, 1.807) is 0 Å². The predicted octanol–water partition coefficient (Wildman–Crippen LogP) is 11.6. The minimum absolute atomic E-state index is 1.08. The Bertz CT molecular complexity index is 2480. The maximum Gasteiger partial charge on any atom is 0.0626 e. The van der Waals surface area contributed by atoms with Crippen LogP contribution in [0.25, 0.3) is 90.5 Å². The molecule has 1 heteroatoms. The number of allylic oxidation sites excluding steroid dienone is 2. The summed E-state index contributed by atoms with van der Waals surface area (Å²) in [5.74, 6) is 0. The van der Waals surface area contributed by atoms with Gasteiger partial charge in [0.1, 0.15) is 0 Å². The second-order valence-electron chi connectivity index (χ2n) is 11.9. The Morgan fingerprint density at radius 2 is 1.49 bits per heavy atom. The average Bonchev–Trinajstić information content (AvgIpc) is 3.44. The van der Waals surface area contributed by atoms with Crippen molar-refractivity contribution in [2.75, 3.05) is 0 Å². The Hall–Kier alpha value is -5.40. The van der Waals surface area contributed by atoms with Crippen molar-refractivity contribution in [3.05, 3.63) is 143 Å². The quantitative estimate of drug-likeness (QED) is 0.192. The molecule has 216 valence electrons. The summed E-state index contributed by atoms with van der Waals surface area (Å²) < 4.78 is 2.49. The highest BCUT2D eigenvalue weighted by Gasteiger charge is 2.23. The van der Waals surface area contributed by atoms with E-state index in [-0.39, 0.29) is 0 Å². The van der Waals surface area contributed by atoms with Crippen LogP contribution in [0.3, 0.4) is 0 Å². The Kier molecular flexibility index (Phi) is 6.43. The van der Waals surface area contributed by atoms with Gasteiger partial charge in [0.25, 0.3) is 0 Å². The molecule has 0 aliphatic heterocycles. The Labute approximate surface area is 264 Å². The molecule has 8 rings (SSSR count). The lowest BCUT2D eigenvalue weighted by Gasteiger charge is -2.20. The number of para-hydroxylation sites is 1. The van der Waals surface area contributed by atoms with Gasteiger partial charge in [-0.15, -0.1) is 0 Å². The van der Waals surface area contributed by atoms with E-state index >= 15 is 0 Å². The third-order valence-corrected chi connectivity index (χ3v) is 9.63. The van der Waals surface area contributed by atoms with Gasteiger partial charge in [-0.05, 0) is 94.3 Å². The van der Waals surface area contributed by atoms with Gasteiger partial charge in [-0.1, -0.05) is 122 Å². The first kappa shape index (κ1) is 27.2. The fourth-order valence-corrected chi connectivity index (χ4v) is 7.79. The van der Waals surface area contributed by atoms with Crippen LogP contribution in [0.2, 0.25) is 0 Å². The molecule has 0 unspecified atom stereocenters. The zero-order valence-electron chi connectivity index (χ0n) is 25.9. The molecular weight excluding hydrogens is 542 g/mol. The number of hydrogen-bond donors (Lipinski definition) is 0. The molecule has 0 atom stereocenters. The smallest absolute Gasteiger partial charge is 0.0626 e. The fraction of sp³-hybridized carbons (Fsp3) is 0.0909. The molecule has 7 aromatic rings. The number of hydrogen-bond acceptors (Lipinski definition) is 0. The second kappa shape index (κ2) is 10.6. The molecule has 1 aliphatic carbocycles. The average molecular weight is 578 g/mol. The number of fused-ring (bicyclic) bond motifs is 5. The number of nitrogens with zero attached hydrogens (tertiary/aromatic N) is 1. The number of benzene rings is 6. The summed E-state index contributed by atoms with van der Waals surface area (Å²) in [5.41, 5.74) is 12.4. The van der Waals surface area contributed by atoms with Crippen LogP contribution in [0.15, 0.2) is 110 Å². The first-order chi connectivity index (χ1) is 22.2. The van der Waals surface area contributed by atoms with Crippen LogP contribution in [0.5, 0.6) is 0 Å². The minimum atomic E-state index is 1.08. The maximum absolute atomic E-state index is 4.35. The summed E-state index contributed by atoms with van der Waals surface area (Å²) in [5, 5.41) is 8.87. The van der Waals surface area contributed by atoms with Gasteiger partial charge in [0.15, 0.2) is 0 Å². The molecule has 1 nitrogen and oxygen atoms in total. The maximum atomic E-state index is 4.35. The third-order valence-electron chi connectivity index (χ3n) is 9.63. The lowest BCUT2D eigenvalue weighted by Crippen LogP contribution is -2.08. The van der Waals surface area contributed by atoms with E-state index in [1.165, 1.54) is 82.0 Å². The van der Waals surface area contributed by atoms with Crippen molar-refractivity contribution in [2.24, 2.45) is 0 Å². The van der Waals surface area contributed by atoms with Crippen molar-refractivity contribution in [1.29, 1.82) is 0 Å². The molecule has 0 N–H and O–H groups in total. The molecule has 0 fully saturated rings. The van der Waals surface area contributed by atoms with Gasteiger partial charge in [-0.25, -0.2) is 0 Å². The molecule has 1 heterocycles. The van der Waals surface area contributed by atoms with E-state index in [4.69, 9.17) is 0 Å².